The molecule has 1 N–H and O–H groups in total. The molecule has 0 bridgehead atoms. The average Bonchev–Trinajstić information content (AvgIpc) is 3.31. The molecule has 1 aliphatic carbocycles. The Labute approximate surface area is 150 Å². The van der Waals surface area contributed by atoms with Gasteiger partial charge in [0.05, 0.1) is 11.1 Å². The number of benzene rings is 2. The Hall–Kier alpha value is -2.59. The lowest BCUT2D eigenvalue weighted by molar-refractivity contribution is -0.123. The van der Waals surface area contributed by atoms with Crippen molar-refractivity contribution in [2.75, 3.05) is 0 Å². The number of aromatic nitrogens is 1. The Bertz CT molecular complexity index is 884. The Morgan fingerprint density at radius 2 is 1.84 bits per heavy atom. The van der Waals surface area contributed by atoms with Gasteiger partial charge in [0.25, 0.3) is 0 Å². The maximum absolute atomic E-state index is 12.7. The number of hydrogen-bond donors (Lipinski definition) is 1. The Balaban J connectivity index is 1.47. The van der Waals surface area contributed by atoms with Crippen LogP contribution in [-0.2, 0) is 16.8 Å². The molecule has 3 aromatic rings. The molecule has 25 heavy (non-hydrogen) atoms. The zero-order chi connectivity index (χ0) is 17.3. The first-order valence-corrected chi connectivity index (χ1v) is 8.60. The van der Waals surface area contributed by atoms with Crippen LogP contribution < -0.4 is 5.32 Å². The van der Waals surface area contributed by atoms with Crippen molar-refractivity contribution in [3.8, 4) is 11.3 Å². The number of hydrogen-bond acceptors (Lipinski definition) is 3. The van der Waals surface area contributed by atoms with Gasteiger partial charge in [-0.25, -0.2) is 0 Å². The predicted octanol–water partition coefficient (Wildman–Crippen LogP) is 4.34. The van der Waals surface area contributed by atoms with Crippen LogP contribution in [0.3, 0.4) is 0 Å². The summed E-state index contributed by atoms with van der Waals surface area (Å²) in [6.07, 6.45) is 1.58. The second-order valence-corrected chi connectivity index (χ2v) is 6.77. The van der Waals surface area contributed by atoms with E-state index in [1.807, 2.05) is 60.7 Å². The molecule has 2 aromatic carbocycles. The molecule has 0 unspecified atom stereocenters. The minimum absolute atomic E-state index is 0.00429. The number of carbonyl (C=O) groups is 1. The van der Waals surface area contributed by atoms with E-state index in [1.54, 1.807) is 0 Å². The van der Waals surface area contributed by atoms with Gasteiger partial charge in [0, 0.05) is 23.2 Å². The van der Waals surface area contributed by atoms with E-state index < -0.39 is 5.41 Å². The maximum atomic E-state index is 12.7. The molecule has 1 heterocycles. The number of rotatable bonds is 5. The maximum Gasteiger partial charge on any atom is 0.232 e. The number of amides is 1. The first-order chi connectivity index (χ1) is 12.2. The summed E-state index contributed by atoms with van der Waals surface area (Å²) in [5.41, 5.74) is 2.13. The van der Waals surface area contributed by atoms with Crippen LogP contribution in [0.5, 0.6) is 0 Å². The first kappa shape index (κ1) is 15.9. The van der Waals surface area contributed by atoms with Gasteiger partial charge in [-0.05, 0) is 30.5 Å². The van der Waals surface area contributed by atoms with E-state index in [-0.39, 0.29) is 5.91 Å². The van der Waals surface area contributed by atoms with Crippen LogP contribution in [0.1, 0.15) is 24.1 Å². The Morgan fingerprint density at radius 3 is 2.52 bits per heavy atom. The lowest BCUT2D eigenvalue weighted by atomic mass is 10.00. The van der Waals surface area contributed by atoms with Gasteiger partial charge in [-0.15, -0.1) is 0 Å². The van der Waals surface area contributed by atoms with Crippen LogP contribution >= 0.6 is 11.6 Å². The fraction of sp³-hybridized carbons (Fsp3) is 0.200. The van der Waals surface area contributed by atoms with Crippen molar-refractivity contribution >= 4 is 17.5 Å². The summed E-state index contributed by atoms with van der Waals surface area (Å²) >= 11 is 5.88. The molecule has 1 amide bonds. The van der Waals surface area contributed by atoms with Crippen molar-refractivity contribution in [2.45, 2.75) is 24.8 Å². The topological polar surface area (TPSA) is 55.1 Å². The van der Waals surface area contributed by atoms with E-state index in [9.17, 15) is 4.79 Å². The van der Waals surface area contributed by atoms with Crippen molar-refractivity contribution < 1.29 is 9.32 Å². The van der Waals surface area contributed by atoms with Gasteiger partial charge < -0.3 is 9.84 Å². The normalized spacial score (nSPS) is 14.9. The SMILES string of the molecule is O=C(NCc1ccc(Cl)cc1)C1(c2cc(-c3ccccc3)on2)CC1. The van der Waals surface area contributed by atoms with Crippen molar-refractivity contribution in [3.05, 3.63) is 76.9 Å². The first-order valence-electron chi connectivity index (χ1n) is 8.23. The van der Waals surface area contributed by atoms with Crippen LogP contribution in [0, 0.1) is 0 Å². The molecule has 4 rings (SSSR count). The van der Waals surface area contributed by atoms with Crippen LogP contribution in [0.2, 0.25) is 5.02 Å². The molecule has 126 valence electrons. The molecule has 0 atom stereocenters. The molecule has 0 saturated heterocycles. The van der Waals surface area contributed by atoms with Gasteiger partial charge in [0.15, 0.2) is 5.76 Å². The van der Waals surface area contributed by atoms with Gasteiger partial charge >= 0.3 is 0 Å². The van der Waals surface area contributed by atoms with E-state index in [4.69, 9.17) is 16.1 Å². The van der Waals surface area contributed by atoms with E-state index in [0.29, 0.717) is 23.0 Å². The third-order valence-electron chi connectivity index (χ3n) is 4.61. The van der Waals surface area contributed by atoms with Crippen molar-refractivity contribution in [3.63, 3.8) is 0 Å². The molecule has 1 aromatic heterocycles. The highest BCUT2D eigenvalue weighted by molar-refractivity contribution is 6.30. The lowest BCUT2D eigenvalue weighted by Gasteiger charge is -2.12. The smallest absolute Gasteiger partial charge is 0.232 e. The minimum atomic E-state index is -0.553. The standard InChI is InChI=1S/C20H17ClN2O2/c21-16-8-6-14(7-9-16)13-22-19(24)20(10-11-20)18-12-17(25-23-18)15-4-2-1-3-5-15/h1-9,12H,10-11,13H2,(H,22,24). The van der Waals surface area contributed by atoms with Gasteiger partial charge in [-0.1, -0.05) is 59.2 Å². The molecule has 0 aliphatic heterocycles. The summed E-state index contributed by atoms with van der Waals surface area (Å²) in [7, 11) is 0. The third-order valence-corrected chi connectivity index (χ3v) is 4.86. The van der Waals surface area contributed by atoms with Gasteiger partial charge in [0.1, 0.15) is 0 Å². The molecule has 1 aliphatic rings. The van der Waals surface area contributed by atoms with Crippen LogP contribution in [0.4, 0.5) is 0 Å². The van der Waals surface area contributed by atoms with E-state index >= 15 is 0 Å². The van der Waals surface area contributed by atoms with E-state index in [2.05, 4.69) is 10.5 Å². The summed E-state index contributed by atoms with van der Waals surface area (Å²) < 4.78 is 5.46. The highest BCUT2D eigenvalue weighted by Gasteiger charge is 2.53. The zero-order valence-electron chi connectivity index (χ0n) is 13.5. The third kappa shape index (κ3) is 3.17. The van der Waals surface area contributed by atoms with Gasteiger partial charge in [-0.2, -0.15) is 0 Å². The Morgan fingerprint density at radius 1 is 1.12 bits per heavy atom. The van der Waals surface area contributed by atoms with E-state index in [0.717, 1.165) is 24.0 Å². The molecule has 0 radical (unpaired) electrons. The second kappa shape index (κ2) is 6.37. The number of carbonyl (C=O) groups excluding carboxylic acids is 1. The zero-order valence-corrected chi connectivity index (χ0v) is 14.3. The van der Waals surface area contributed by atoms with E-state index in [1.165, 1.54) is 0 Å². The monoisotopic (exact) mass is 352 g/mol. The summed E-state index contributed by atoms with van der Waals surface area (Å²) in [6.45, 7) is 0.473. The lowest BCUT2D eigenvalue weighted by Crippen LogP contribution is -2.34. The van der Waals surface area contributed by atoms with Crippen LogP contribution in [0.15, 0.2) is 65.2 Å². The summed E-state index contributed by atoms with van der Waals surface area (Å²) in [4.78, 5) is 12.7. The molecule has 1 fully saturated rings. The van der Waals surface area contributed by atoms with Gasteiger partial charge in [0.2, 0.25) is 5.91 Å². The molecule has 1 saturated carbocycles. The van der Waals surface area contributed by atoms with Crippen LogP contribution in [0.25, 0.3) is 11.3 Å². The fourth-order valence-electron chi connectivity index (χ4n) is 2.92. The van der Waals surface area contributed by atoms with Crippen LogP contribution in [-0.4, -0.2) is 11.1 Å². The number of nitrogens with one attached hydrogen (secondary N) is 1. The summed E-state index contributed by atoms with van der Waals surface area (Å²) in [6, 6.07) is 19.1. The van der Waals surface area contributed by atoms with Gasteiger partial charge in [-0.3, -0.25) is 4.79 Å². The Kier molecular flexibility index (Phi) is 4.06. The second-order valence-electron chi connectivity index (χ2n) is 6.33. The number of nitrogens with zero attached hydrogens (tertiary/aromatic N) is 1. The number of halogens is 1. The van der Waals surface area contributed by atoms with Crippen molar-refractivity contribution in [1.29, 1.82) is 0 Å². The predicted molar refractivity (Wildman–Crippen MR) is 96.1 cm³/mol. The molecule has 4 nitrogen and oxygen atoms in total. The minimum Gasteiger partial charge on any atom is -0.356 e. The molecular formula is C20H17ClN2O2. The van der Waals surface area contributed by atoms with Crippen molar-refractivity contribution in [1.82, 2.24) is 10.5 Å². The molecule has 5 heteroatoms. The van der Waals surface area contributed by atoms with Crippen molar-refractivity contribution in [2.24, 2.45) is 0 Å². The fourth-order valence-corrected chi connectivity index (χ4v) is 3.04. The highest BCUT2D eigenvalue weighted by Crippen LogP contribution is 2.48. The highest BCUT2D eigenvalue weighted by atomic mass is 35.5. The quantitative estimate of drug-likeness (QED) is 0.743. The summed E-state index contributed by atoms with van der Waals surface area (Å²) in [5.74, 6) is 0.683. The largest absolute Gasteiger partial charge is 0.356 e. The summed E-state index contributed by atoms with van der Waals surface area (Å²) in [5, 5.41) is 7.85. The molecular weight excluding hydrogens is 336 g/mol. The molecule has 0 spiro atoms. The average molecular weight is 353 g/mol.